The van der Waals surface area contributed by atoms with Crippen molar-refractivity contribution in [3.05, 3.63) is 52.6 Å². The molecule has 2 aliphatic heterocycles. The third-order valence-corrected chi connectivity index (χ3v) is 4.52. The molecule has 0 aliphatic carbocycles. The Morgan fingerprint density at radius 3 is 2.70 bits per heavy atom. The molecule has 0 atom stereocenters. The van der Waals surface area contributed by atoms with Gasteiger partial charge in [0, 0.05) is 34.9 Å². The van der Waals surface area contributed by atoms with Crippen LogP contribution in [0.2, 0.25) is 0 Å². The minimum absolute atomic E-state index is 0.0337. The quantitative estimate of drug-likeness (QED) is 0.848. The molecule has 0 N–H and O–H groups in total. The van der Waals surface area contributed by atoms with Crippen LogP contribution in [0.4, 0.5) is 5.13 Å². The number of allylic oxidation sites excluding steroid dienone is 2. The van der Waals surface area contributed by atoms with Crippen LogP contribution in [0.25, 0.3) is 12.2 Å². The van der Waals surface area contributed by atoms with E-state index >= 15 is 0 Å². The van der Waals surface area contributed by atoms with Crippen molar-refractivity contribution in [2.75, 3.05) is 4.90 Å². The topological polar surface area (TPSA) is 54.5 Å². The van der Waals surface area contributed by atoms with Gasteiger partial charge < -0.3 is 4.42 Å². The fraction of sp³-hybridized carbons (Fsp3) is 0.235. The molecule has 2 aromatic heterocycles. The molecule has 0 saturated carbocycles. The van der Waals surface area contributed by atoms with Crippen LogP contribution in [0.1, 0.15) is 37.3 Å². The molecular weight excluding hydrogens is 308 g/mol. The third-order valence-electron chi connectivity index (χ3n) is 3.57. The van der Waals surface area contributed by atoms with Gasteiger partial charge in [-0.2, -0.15) is 0 Å². The second-order valence-corrected chi connectivity index (χ2v) is 7.44. The van der Waals surface area contributed by atoms with E-state index in [0.717, 1.165) is 27.3 Å². The lowest BCUT2D eigenvalue weighted by atomic mass is 9.94. The van der Waals surface area contributed by atoms with Crippen molar-refractivity contribution in [3.63, 3.8) is 0 Å². The molecule has 6 heteroatoms. The van der Waals surface area contributed by atoms with E-state index in [1.165, 1.54) is 0 Å². The number of aromatic nitrogens is 2. The summed E-state index contributed by atoms with van der Waals surface area (Å²) in [4.78, 5) is 16.1. The fourth-order valence-electron chi connectivity index (χ4n) is 2.27. The molecule has 0 unspecified atom stereocenters. The van der Waals surface area contributed by atoms with Crippen molar-refractivity contribution in [2.24, 2.45) is 4.99 Å². The van der Waals surface area contributed by atoms with Gasteiger partial charge in [-0.15, -0.1) is 0 Å². The number of aliphatic imine (C=N–C) groups is 1. The van der Waals surface area contributed by atoms with E-state index in [9.17, 15) is 0 Å². The number of thiazole rings is 1. The maximum Gasteiger partial charge on any atom is 0.218 e. The van der Waals surface area contributed by atoms with Gasteiger partial charge in [0.1, 0.15) is 11.6 Å². The molecule has 5 nitrogen and oxygen atoms in total. The molecule has 23 heavy (non-hydrogen) atoms. The standard InChI is InChI=1S/C17H16N4OS/c1-17(2,3)13-10-19-15(22-13)5-4-12-9-20-16(23-12)21-11-6-7-18-14(21)8-11/h4-10H,1-3H3/b5-4+. The van der Waals surface area contributed by atoms with Crippen LogP contribution in [-0.2, 0) is 5.41 Å². The maximum atomic E-state index is 5.76. The summed E-state index contributed by atoms with van der Waals surface area (Å²) in [5.41, 5.74) is 1.09. The Bertz CT molecular complexity index is 865. The SMILES string of the molecule is CC(C)(C)c1cnc(/C=C/c2cnc(N3c4ccnc3c4)s2)o1. The molecule has 4 rings (SSSR count). The highest BCUT2D eigenvalue weighted by molar-refractivity contribution is 7.16. The Kier molecular flexibility index (Phi) is 3.09. The number of nitrogens with zero attached hydrogens (tertiary/aromatic N) is 4. The van der Waals surface area contributed by atoms with Crippen molar-refractivity contribution in [1.82, 2.24) is 9.97 Å². The third kappa shape index (κ3) is 2.55. The Labute approximate surface area is 138 Å². The second-order valence-electron chi connectivity index (χ2n) is 6.40. The van der Waals surface area contributed by atoms with E-state index in [1.807, 2.05) is 41.6 Å². The van der Waals surface area contributed by atoms with Gasteiger partial charge in [0.05, 0.1) is 11.9 Å². The van der Waals surface area contributed by atoms with Crippen molar-refractivity contribution in [3.8, 4) is 0 Å². The average molecular weight is 324 g/mol. The molecule has 0 radical (unpaired) electrons. The smallest absolute Gasteiger partial charge is 0.218 e. The predicted octanol–water partition coefficient (Wildman–Crippen LogP) is 4.23. The fourth-order valence-corrected chi connectivity index (χ4v) is 3.11. The summed E-state index contributed by atoms with van der Waals surface area (Å²) in [5.74, 6) is 2.43. The van der Waals surface area contributed by atoms with Crippen LogP contribution in [-0.4, -0.2) is 16.2 Å². The summed E-state index contributed by atoms with van der Waals surface area (Å²) in [6.45, 7) is 6.31. The number of hydrogen-bond acceptors (Lipinski definition) is 6. The summed E-state index contributed by atoms with van der Waals surface area (Å²) in [7, 11) is 0. The van der Waals surface area contributed by atoms with Crippen LogP contribution < -0.4 is 4.90 Å². The molecule has 0 fully saturated rings. The van der Waals surface area contributed by atoms with Crippen molar-refractivity contribution in [2.45, 2.75) is 26.2 Å². The molecule has 4 heterocycles. The van der Waals surface area contributed by atoms with Crippen molar-refractivity contribution >= 4 is 34.8 Å². The number of oxazole rings is 1. The summed E-state index contributed by atoms with van der Waals surface area (Å²) in [5, 5.41) is 0.924. The lowest BCUT2D eigenvalue weighted by Crippen LogP contribution is -2.30. The van der Waals surface area contributed by atoms with Gasteiger partial charge >= 0.3 is 0 Å². The Hall–Kier alpha value is -2.47. The highest BCUT2D eigenvalue weighted by atomic mass is 32.1. The van der Waals surface area contributed by atoms with E-state index in [2.05, 4.69) is 35.7 Å². The predicted molar refractivity (Wildman–Crippen MR) is 93.4 cm³/mol. The monoisotopic (exact) mass is 324 g/mol. The molecule has 2 aromatic rings. The average Bonchev–Trinajstić information content (AvgIpc) is 3.14. The molecular formula is C17H16N4OS. The van der Waals surface area contributed by atoms with E-state index in [-0.39, 0.29) is 5.41 Å². The van der Waals surface area contributed by atoms with Gasteiger partial charge in [-0.1, -0.05) is 32.1 Å². The molecule has 2 aliphatic rings. The van der Waals surface area contributed by atoms with Gasteiger partial charge in [0.25, 0.3) is 0 Å². The highest BCUT2D eigenvalue weighted by Gasteiger charge is 2.28. The van der Waals surface area contributed by atoms with E-state index in [1.54, 1.807) is 17.5 Å². The largest absolute Gasteiger partial charge is 0.441 e. The number of hydrogen-bond donors (Lipinski definition) is 0. The van der Waals surface area contributed by atoms with Crippen molar-refractivity contribution in [1.29, 1.82) is 0 Å². The van der Waals surface area contributed by atoms with Crippen LogP contribution in [0.3, 0.4) is 0 Å². The van der Waals surface area contributed by atoms with Gasteiger partial charge in [-0.05, 0) is 12.2 Å². The molecule has 116 valence electrons. The lowest BCUT2D eigenvalue weighted by molar-refractivity contribution is 0.403. The first kappa shape index (κ1) is 14.1. The van der Waals surface area contributed by atoms with E-state index < -0.39 is 0 Å². The van der Waals surface area contributed by atoms with Crippen LogP contribution in [0, 0.1) is 0 Å². The Balaban J connectivity index is 1.50. The molecule has 0 aromatic carbocycles. The Morgan fingerprint density at radius 1 is 1.17 bits per heavy atom. The number of anilines is 1. The molecule has 0 spiro atoms. The minimum Gasteiger partial charge on any atom is -0.441 e. The van der Waals surface area contributed by atoms with Gasteiger partial charge in [-0.3, -0.25) is 4.90 Å². The molecule has 0 amide bonds. The zero-order valence-corrected chi connectivity index (χ0v) is 14.0. The normalized spacial score (nSPS) is 16.6. The number of fused-ring (bicyclic) bond motifs is 2. The summed E-state index contributed by atoms with van der Waals surface area (Å²) in [6.07, 6.45) is 13.3. The van der Waals surface area contributed by atoms with Gasteiger partial charge in [0.2, 0.25) is 5.89 Å². The maximum absolute atomic E-state index is 5.76. The number of rotatable bonds is 3. The zero-order valence-electron chi connectivity index (χ0n) is 13.1. The second kappa shape index (κ2) is 5.03. The van der Waals surface area contributed by atoms with Crippen LogP contribution >= 0.6 is 11.3 Å². The Morgan fingerprint density at radius 2 is 2.04 bits per heavy atom. The first-order chi connectivity index (χ1) is 11.0. The van der Waals surface area contributed by atoms with E-state index in [0.29, 0.717) is 5.89 Å². The highest BCUT2D eigenvalue weighted by Crippen LogP contribution is 2.38. The lowest BCUT2D eigenvalue weighted by Gasteiger charge is -2.32. The summed E-state index contributed by atoms with van der Waals surface area (Å²) in [6, 6.07) is 0. The minimum atomic E-state index is -0.0337. The molecule has 2 bridgehead atoms. The van der Waals surface area contributed by atoms with Gasteiger partial charge in [0.15, 0.2) is 5.13 Å². The van der Waals surface area contributed by atoms with Crippen molar-refractivity contribution < 1.29 is 4.42 Å². The zero-order chi connectivity index (χ0) is 16.0. The van der Waals surface area contributed by atoms with Crippen LogP contribution in [0.5, 0.6) is 0 Å². The summed E-state index contributed by atoms with van der Waals surface area (Å²) >= 11 is 1.61. The first-order valence-corrected chi connectivity index (χ1v) is 8.19. The van der Waals surface area contributed by atoms with Gasteiger partial charge in [-0.25, -0.2) is 15.0 Å². The molecule has 0 saturated heterocycles. The van der Waals surface area contributed by atoms with E-state index in [4.69, 9.17) is 4.42 Å². The first-order valence-electron chi connectivity index (χ1n) is 7.37. The van der Waals surface area contributed by atoms with Crippen LogP contribution in [0.15, 0.2) is 45.5 Å². The summed E-state index contributed by atoms with van der Waals surface area (Å²) < 4.78 is 5.76.